The van der Waals surface area contributed by atoms with Crippen molar-refractivity contribution in [1.29, 1.82) is 0 Å². The Morgan fingerprint density at radius 2 is 2.19 bits per heavy atom. The molecule has 4 heteroatoms. The Morgan fingerprint density at radius 1 is 1.31 bits per heavy atom. The van der Waals surface area contributed by atoms with E-state index in [2.05, 4.69) is 10.5 Å². The summed E-state index contributed by atoms with van der Waals surface area (Å²) in [4.78, 5) is 11.2. The molecule has 1 saturated carbocycles. The normalized spacial score (nSPS) is 18.8. The molecule has 84 valence electrons. The van der Waals surface area contributed by atoms with Crippen molar-refractivity contribution in [3.8, 4) is 0 Å². The van der Waals surface area contributed by atoms with Crippen LogP contribution in [-0.4, -0.2) is 11.5 Å². The van der Waals surface area contributed by atoms with Crippen LogP contribution in [-0.2, 0) is 4.79 Å². The van der Waals surface area contributed by atoms with Gasteiger partial charge in [0.15, 0.2) is 0 Å². The Bertz CT molecular complexity index is 429. The molecule has 0 spiro atoms. The predicted octanol–water partition coefficient (Wildman–Crippen LogP) is 2.74. The van der Waals surface area contributed by atoms with E-state index in [-0.39, 0.29) is 11.6 Å². The molecule has 3 nitrogen and oxygen atoms in total. The highest BCUT2D eigenvalue weighted by atomic mass is 19.1. The van der Waals surface area contributed by atoms with Crippen LogP contribution in [0, 0.1) is 5.82 Å². The third kappa shape index (κ3) is 2.89. The Labute approximate surface area is 93.4 Å². The first-order chi connectivity index (χ1) is 7.74. The number of hydrogen-bond acceptors (Lipinski definition) is 3. The lowest BCUT2D eigenvalue weighted by atomic mass is 9.97. The number of halogens is 1. The molecule has 16 heavy (non-hydrogen) atoms. The molecule has 1 N–H and O–H groups in total. The second-order valence-corrected chi connectivity index (χ2v) is 3.87. The molecule has 1 aromatic rings. The highest BCUT2D eigenvalue weighted by molar-refractivity contribution is 6.04. The van der Waals surface area contributed by atoms with Gasteiger partial charge in [-0.3, -0.25) is 10.2 Å². The maximum atomic E-state index is 12.9. The van der Waals surface area contributed by atoms with Crippen LogP contribution in [0.15, 0.2) is 29.4 Å². The van der Waals surface area contributed by atoms with Gasteiger partial charge < -0.3 is 0 Å². The Morgan fingerprint density at radius 3 is 2.94 bits per heavy atom. The van der Waals surface area contributed by atoms with Crippen molar-refractivity contribution in [3.05, 3.63) is 30.1 Å². The van der Waals surface area contributed by atoms with Gasteiger partial charge in [-0.15, -0.1) is 0 Å². The molecular weight excluding hydrogens is 207 g/mol. The van der Waals surface area contributed by atoms with E-state index in [9.17, 15) is 9.18 Å². The fourth-order valence-corrected chi connectivity index (χ4v) is 1.69. The molecule has 0 radical (unpaired) electrons. The summed E-state index contributed by atoms with van der Waals surface area (Å²) in [5.41, 5.74) is 4.22. The van der Waals surface area contributed by atoms with E-state index < -0.39 is 0 Å². The number of hydrazone groups is 1. The lowest BCUT2D eigenvalue weighted by molar-refractivity contribution is -0.118. The standard InChI is InChI=1S/C12H13FN2O/c13-9-3-1-4-10(7-9)14-15-11-5-2-6-12(16)8-11/h1,3-4,7,14H,2,5-6,8H2. The van der Waals surface area contributed by atoms with Crippen molar-refractivity contribution < 1.29 is 9.18 Å². The molecule has 0 aromatic heterocycles. The number of anilines is 1. The van der Waals surface area contributed by atoms with Gasteiger partial charge in [0, 0.05) is 18.6 Å². The monoisotopic (exact) mass is 220 g/mol. The van der Waals surface area contributed by atoms with E-state index in [4.69, 9.17) is 0 Å². The summed E-state index contributed by atoms with van der Waals surface area (Å²) >= 11 is 0. The first-order valence-electron chi connectivity index (χ1n) is 5.33. The lowest BCUT2D eigenvalue weighted by Gasteiger charge is -2.11. The Balaban J connectivity index is 2.00. The quantitative estimate of drug-likeness (QED) is 0.778. The second kappa shape index (κ2) is 4.88. The van der Waals surface area contributed by atoms with Crippen LogP contribution in [0.25, 0.3) is 0 Å². The zero-order chi connectivity index (χ0) is 11.4. The number of nitrogens with zero attached hydrogens (tertiary/aromatic N) is 1. The SMILES string of the molecule is O=C1CCCC(=NNc2cccc(F)c2)C1. The average molecular weight is 220 g/mol. The van der Waals surface area contributed by atoms with Gasteiger partial charge in [-0.25, -0.2) is 4.39 Å². The molecule has 0 atom stereocenters. The summed E-state index contributed by atoms with van der Waals surface area (Å²) in [6.07, 6.45) is 2.78. The molecule has 2 rings (SSSR count). The number of Topliss-reactive ketones (excluding diaryl/α,β-unsaturated/α-hetero) is 1. The fraction of sp³-hybridized carbons (Fsp3) is 0.333. The van der Waals surface area contributed by atoms with Crippen LogP contribution in [0.1, 0.15) is 25.7 Å². The highest BCUT2D eigenvalue weighted by Gasteiger charge is 2.14. The predicted molar refractivity (Wildman–Crippen MR) is 60.9 cm³/mol. The smallest absolute Gasteiger partial charge is 0.138 e. The van der Waals surface area contributed by atoms with E-state index in [1.54, 1.807) is 12.1 Å². The molecule has 0 unspecified atom stereocenters. The molecule has 0 heterocycles. The Kier molecular flexibility index (Phi) is 3.29. The molecule has 1 fully saturated rings. The number of nitrogens with one attached hydrogen (secondary N) is 1. The minimum absolute atomic E-state index is 0.228. The van der Waals surface area contributed by atoms with Gasteiger partial charge in [0.1, 0.15) is 11.6 Å². The number of carbonyl (C=O) groups excluding carboxylic acids is 1. The average Bonchev–Trinajstić information content (AvgIpc) is 2.27. The summed E-state index contributed by atoms with van der Waals surface area (Å²) < 4.78 is 12.9. The van der Waals surface area contributed by atoms with Crippen LogP contribution in [0.4, 0.5) is 10.1 Å². The van der Waals surface area contributed by atoms with Crippen LogP contribution in [0.3, 0.4) is 0 Å². The number of rotatable bonds is 2. The molecule has 0 bridgehead atoms. The van der Waals surface area contributed by atoms with Gasteiger partial charge in [-0.1, -0.05) is 6.07 Å². The molecule has 1 aromatic carbocycles. The largest absolute Gasteiger partial charge is 0.299 e. The van der Waals surface area contributed by atoms with Crippen LogP contribution in [0.2, 0.25) is 0 Å². The third-order valence-corrected chi connectivity index (χ3v) is 2.49. The van der Waals surface area contributed by atoms with E-state index in [0.29, 0.717) is 18.5 Å². The number of carbonyl (C=O) groups is 1. The van der Waals surface area contributed by atoms with E-state index in [1.807, 2.05) is 0 Å². The van der Waals surface area contributed by atoms with Crippen LogP contribution < -0.4 is 5.43 Å². The minimum atomic E-state index is -0.301. The zero-order valence-electron chi connectivity index (χ0n) is 8.87. The van der Waals surface area contributed by atoms with E-state index in [0.717, 1.165) is 18.6 Å². The molecule has 0 aliphatic heterocycles. The van der Waals surface area contributed by atoms with Crippen LogP contribution in [0.5, 0.6) is 0 Å². The van der Waals surface area contributed by atoms with Gasteiger partial charge in [-0.2, -0.15) is 5.10 Å². The molecule has 0 amide bonds. The van der Waals surface area contributed by atoms with Gasteiger partial charge in [0.25, 0.3) is 0 Å². The second-order valence-electron chi connectivity index (χ2n) is 3.87. The van der Waals surface area contributed by atoms with Crippen molar-refractivity contribution in [2.24, 2.45) is 5.10 Å². The van der Waals surface area contributed by atoms with Crippen molar-refractivity contribution in [3.63, 3.8) is 0 Å². The Hall–Kier alpha value is -1.71. The first-order valence-corrected chi connectivity index (χ1v) is 5.33. The maximum absolute atomic E-state index is 12.9. The van der Waals surface area contributed by atoms with Crippen molar-refractivity contribution >= 4 is 17.2 Å². The third-order valence-electron chi connectivity index (χ3n) is 2.49. The maximum Gasteiger partial charge on any atom is 0.138 e. The summed E-state index contributed by atoms with van der Waals surface area (Å²) in [5.74, 6) is -0.0732. The summed E-state index contributed by atoms with van der Waals surface area (Å²) in [6, 6.07) is 6.10. The number of benzene rings is 1. The molecule has 0 saturated heterocycles. The van der Waals surface area contributed by atoms with Gasteiger partial charge in [0.05, 0.1) is 5.69 Å². The van der Waals surface area contributed by atoms with Gasteiger partial charge in [0.2, 0.25) is 0 Å². The molecule has 1 aliphatic carbocycles. The van der Waals surface area contributed by atoms with Crippen molar-refractivity contribution in [1.82, 2.24) is 0 Å². The summed E-state index contributed by atoms with van der Waals surface area (Å²) in [5, 5.41) is 4.12. The van der Waals surface area contributed by atoms with E-state index in [1.165, 1.54) is 12.1 Å². The molecule has 1 aliphatic rings. The zero-order valence-corrected chi connectivity index (χ0v) is 8.87. The lowest BCUT2D eigenvalue weighted by Crippen LogP contribution is -2.15. The molecular formula is C12H13FN2O. The number of ketones is 1. The van der Waals surface area contributed by atoms with E-state index >= 15 is 0 Å². The highest BCUT2D eigenvalue weighted by Crippen LogP contribution is 2.13. The van der Waals surface area contributed by atoms with Crippen molar-refractivity contribution in [2.75, 3.05) is 5.43 Å². The number of hydrogen-bond donors (Lipinski definition) is 1. The summed E-state index contributed by atoms with van der Waals surface area (Å²) in [6.45, 7) is 0. The first kappa shape index (κ1) is 10.8. The van der Waals surface area contributed by atoms with Crippen molar-refractivity contribution in [2.45, 2.75) is 25.7 Å². The fourth-order valence-electron chi connectivity index (χ4n) is 1.69. The van der Waals surface area contributed by atoms with Crippen LogP contribution >= 0.6 is 0 Å². The van der Waals surface area contributed by atoms with Gasteiger partial charge in [-0.05, 0) is 31.0 Å². The minimum Gasteiger partial charge on any atom is -0.299 e. The topological polar surface area (TPSA) is 41.5 Å². The summed E-state index contributed by atoms with van der Waals surface area (Å²) in [7, 11) is 0. The van der Waals surface area contributed by atoms with Gasteiger partial charge >= 0.3 is 0 Å².